The molecule has 0 bridgehead atoms. The van der Waals surface area contributed by atoms with Gasteiger partial charge in [0.1, 0.15) is 18.1 Å². The molecule has 1 aromatic heterocycles. The number of nitrogens with zero attached hydrogens (tertiary/aromatic N) is 2. The zero-order chi connectivity index (χ0) is 23.0. The molecular weight excluding hydrogens is 430 g/mol. The Hall–Kier alpha value is -2.62. The van der Waals surface area contributed by atoms with Gasteiger partial charge in [-0.1, -0.05) is 0 Å². The van der Waals surface area contributed by atoms with E-state index >= 15 is 0 Å². The van der Waals surface area contributed by atoms with Crippen LogP contribution in [0.1, 0.15) is 41.6 Å². The maximum absolute atomic E-state index is 13.7. The summed E-state index contributed by atoms with van der Waals surface area (Å²) in [7, 11) is 1.54. The summed E-state index contributed by atoms with van der Waals surface area (Å²) in [5.41, 5.74) is 1.59. The van der Waals surface area contributed by atoms with E-state index in [4.69, 9.17) is 9.47 Å². The average molecular weight is 460 g/mol. The highest BCUT2D eigenvalue weighted by Crippen LogP contribution is 2.42. The molecule has 2 N–H and O–H groups in total. The highest BCUT2D eigenvalue weighted by Gasteiger charge is 2.43. The van der Waals surface area contributed by atoms with Crippen molar-refractivity contribution in [3.05, 3.63) is 39.6 Å². The van der Waals surface area contributed by atoms with Gasteiger partial charge in [-0.25, -0.2) is 0 Å². The fraction of sp³-hybridized carbons (Fsp3) is 0.478. The number of benzene rings is 1. The van der Waals surface area contributed by atoms with Gasteiger partial charge in [0, 0.05) is 23.9 Å². The molecule has 1 amide bonds. The van der Waals surface area contributed by atoms with Crippen LogP contribution in [0.25, 0.3) is 0 Å². The van der Waals surface area contributed by atoms with Crippen molar-refractivity contribution in [2.75, 3.05) is 25.2 Å². The first-order chi connectivity index (χ1) is 15.2. The SMILES string of the molecule is COc1cc2c(cc1OC(C)(C)C)N(CNCC=O)C(O)[C@@H]1Cc3sccc3CN1C2=O. The van der Waals surface area contributed by atoms with E-state index in [2.05, 4.69) is 5.32 Å². The Labute approximate surface area is 191 Å². The molecule has 0 radical (unpaired) electrons. The molecule has 2 aliphatic rings. The van der Waals surface area contributed by atoms with Crippen molar-refractivity contribution in [1.82, 2.24) is 10.2 Å². The van der Waals surface area contributed by atoms with Gasteiger partial charge in [-0.3, -0.25) is 10.1 Å². The molecule has 0 fully saturated rings. The van der Waals surface area contributed by atoms with Crippen LogP contribution in [-0.4, -0.2) is 60.4 Å². The Morgan fingerprint density at radius 2 is 2.09 bits per heavy atom. The number of rotatable bonds is 6. The molecule has 0 saturated heterocycles. The molecule has 1 unspecified atom stereocenters. The van der Waals surface area contributed by atoms with Gasteiger partial charge < -0.3 is 29.2 Å². The quantitative estimate of drug-likeness (QED) is 0.506. The summed E-state index contributed by atoms with van der Waals surface area (Å²) in [5.74, 6) is 0.770. The van der Waals surface area contributed by atoms with Gasteiger partial charge >= 0.3 is 0 Å². The molecular formula is C23H29N3O5S. The maximum atomic E-state index is 13.7. The molecule has 2 atom stereocenters. The molecule has 2 aromatic rings. The number of methoxy groups -OCH3 is 1. The predicted molar refractivity (Wildman–Crippen MR) is 122 cm³/mol. The Kier molecular flexibility index (Phi) is 6.15. The Morgan fingerprint density at radius 1 is 1.31 bits per heavy atom. The van der Waals surface area contributed by atoms with Crippen LogP contribution in [0.2, 0.25) is 0 Å². The second-order valence-corrected chi connectivity index (χ2v) is 9.97. The van der Waals surface area contributed by atoms with Crippen molar-refractivity contribution in [1.29, 1.82) is 0 Å². The van der Waals surface area contributed by atoms with Crippen LogP contribution in [0.15, 0.2) is 23.6 Å². The third-order valence-corrected chi connectivity index (χ3v) is 6.63. The van der Waals surface area contributed by atoms with Crippen LogP contribution in [0.3, 0.4) is 0 Å². The van der Waals surface area contributed by atoms with Crippen molar-refractivity contribution in [2.24, 2.45) is 0 Å². The Morgan fingerprint density at radius 3 is 2.78 bits per heavy atom. The van der Waals surface area contributed by atoms with E-state index in [1.807, 2.05) is 32.2 Å². The van der Waals surface area contributed by atoms with Crippen molar-refractivity contribution < 1.29 is 24.2 Å². The fourth-order valence-electron chi connectivity index (χ4n) is 4.23. The van der Waals surface area contributed by atoms with E-state index in [0.717, 1.165) is 11.8 Å². The van der Waals surface area contributed by atoms with E-state index in [1.165, 1.54) is 12.0 Å². The normalized spacial score (nSPS) is 20.2. The summed E-state index contributed by atoms with van der Waals surface area (Å²) in [6.07, 6.45) is 0.370. The zero-order valence-corrected chi connectivity index (χ0v) is 19.6. The third kappa shape index (κ3) is 4.20. The summed E-state index contributed by atoms with van der Waals surface area (Å²) in [6.45, 7) is 6.57. The number of nitrogens with one attached hydrogen (secondary N) is 1. The lowest BCUT2D eigenvalue weighted by atomic mass is 10.00. The second-order valence-electron chi connectivity index (χ2n) is 8.97. The maximum Gasteiger partial charge on any atom is 0.256 e. The highest BCUT2D eigenvalue weighted by molar-refractivity contribution is 7.10. The number of carbonyl (C=O) groups is 2. The first kappa shape index (κ1) is 22.6. The lowest BCUT2D eigenvalue weighted by Crippen LogP contribution is -2.55. The van der Waals surface area contributed by atoms with Gasteiger partial charge in [0.05, 0.1) is 37.6 Å². The number of hydrogen-bond donors (Lipinski definition) is 2. The summed E-state index contributed by atoms with van der Waals surface area (Å²) in [5, 5.41) is 16.5. The van der Waals surface area contributed by atoms with Gasteiger partial charge in [-0.05, 0) is 43.8 Å². The molecule has 0 spiro atoms. The summed E-state index contributed by atoms with van der Waals surface area (Å²) in [6, 6.07) is 5.05. The third-order valence-electron chi connectivity index (χ3n) is 5.65. The first-order valence-corrected chi connectivity index (χ1v) is 11.5. The zero-order valence-electron chi connectivity index (χ0n) is 18.8. The lowest BCUT2D eigenvalue weighted by molar-refractivity contribution is -0.107. The van der Waals surface area contributed by atoms with E-state index in [9.17, 15) is 14.7 Å². The van der Waals surface area contributed by atoms with Crippen LogP contribution in [0.5, 0.6) is 11.5 Å². The minimum absolute atomic E-state index is 0.136. The summed E-state index contributed by atoms with van der Waals surface area (Å²) >= 11 is 1.64. The molecule has 32 heavy (non-hydrogen) atoms. The van der Waals surface area contributed by atoms with Crippen LogP contribution in [0, 0.1) is 0 Å². The van der Waals surface area contributed by atoms with Crippen molar-refractivity contribution in [3.63, 3.8) is 0 Å². The number of fused-ring (bicyclic) bond motifs is 3. The number of hydrogen-bond acceptors (Lipinski definition) is 8. The molecule has 8 nitrogen and oxygen atoms in total. The van der Waals surface area contributed by atoms with E-state index in [0.29, 0.717) is 35.7 Å². The highest BCUT2D eigenvalue weighted by atomic mass is 32.1. The first-order valence-electron chi connectivity index (χ1n) is 10.6. The number of thiophene rings is 1. The number of aliphatic hydroxyl groups is 1. The molecule has 9 heteroatoms. The van der Waals surface area contributed by atoms with Gasteiger partial charge in [0.2, 0.25) is 0 Å². The lowest BCUT2D eigenvalue weighted by Gasteiger charge is -2.39. The largest absolute Gasteiger partial charge is 0.493 e. The topological polar surface area (TPSA) is 91.3 Å². The number of aliphatic hydroxyl groups excluding tert-OH is 1. The van der Waals surface area contributed by atoms with E-state index < -0.39 is 17.9 Å². The average Bonchev–Trinajstić information content (AvgIpc) is 3.18. The van der Waals surface area contributed by atoms with Crippen LogP contribution in [0.4, 0.5) is 5.69 Å². The number of amides is 1. The molecule has 3 heterocycles. The Balaban J connectivity index is 1.83. The summed E-state index contributed by atoms with van der Waals surface area (Å²) in [4.78, 5) is 29.2. The molecule has 0 aliphatic carbocycles. The van der Waals surface area contributed by atoms with Gasteiger partial charge in [-0.15, -0.1) is 11.3 Å². The minimum Gasteiger partial charge on any atom is -0.493 e. The molecule has 2 aliphatic heterocycles. The fourth-order valence-corrected chi connectivity index (χ4v) is 5.18. The monoisotopic (exact) mass is 459 g/mol. The smallest absolute Gasteiger partial charge is 0.256 e. The van der Waals surface area contributed by atoms with E-state index in [1.54, 1.807) is 33.3 Å². The van der Waals surface area contributed by atoms with Crippen LogP contribution >= 0.6 is 11.3 Å². The molecule has 1 aromatic carbocycles. The number of ether oxygens (including phenoxy) is 2. The number of carbonyl (C=O) groups excluding carboxylic acids is 2. The Bertz CT molecular complexity index is 1020. The van der Waals surface area contributed by atoms with E-state index in [-0.39, 0.29) is 19.1 Å². The van der Waals surface area contributed by atoms with Crippen molar-refractivity contribution in [2.45, 2.75) is 51.6 Å². The number of aldehydes is 1. The number of anilines is 1. The van der Waals surface area contributed by atoms with Gasteiger partial charge in [0.25, 0.3) is 5.91 Å². The minimum atomic E-state index is -0.967. The van der Waals surface area contributed by atoms with Crippen LogP contribution in [-0.2, 0) is 17.8 Å². The van der Waals surface area contributed by atoms with Gasteiger partial charge in [0.15, 0.2) is 11.5 Å². The van der Waals surface area contributed by atoms with Gasteiger partial charge in [-0.2, -0.15) is 0 Å². The molecule has 4 rings (SSSR count). The summed E-state index contributed by atoms with van der Waals surface area (Å²) < 4.78 is 11.6. The molecule has 0 saturated carbocycles. The standard InChI is InChI=1S/C23H29N3O5S/c1-23(2,3)31-19-10-16-15(9-18(19)30-4)21(28)25-12-14-5-8-32-20(14)11-17(25)22(29)26(16)13-24-6-7-27/h5,7-10,17,22,24,29H,6,11-13H2,1-4H3/t17-,22?/m0/s1. The van der Waals surface area contributed by atoms with Crippen molar-refractivity contribution >= 4 is 29.2 Å². The second kappa shape index (κ2) is 8.73. The predicted octanol–water partition coefficient (Wildman–Crippen LogP) is 2.39. The van der Waals surface area contributed by atoms with Crippen LogP contribution < -0.4 is 19.7 Å². The molecule has 172 valence electrons. The van der Waals surface area contributed by atoms with Crippen molar-refractivity contribution in [3.8, 4) is 11.5 Å².